The predicted octanol–water partition coefficient (Wildman–Crippen LogP) is 5.59. The van der Waals surface area contributed by atoms with E-state index in [0.29, 0.717) is 0 Å². The molecule has 0 saturated heterocycles. The van der Waals surface area contributed by atoms with Crippen molar-refractivity contribution in [2.45, 2.75) is 63.1 Å². The Labute approximate surface area is 166 Å². The molecule has 3 aliphatic rings. The van der Waals surface area contributed by atoms with Crippen molar-refractivity contribution in [3.63, 3.8) is 0 Å². The minimum Gasteiger partial charge on any atom is -0.493 e. The van der Waals surface area contributed by atoms with Gasteiger partial charge in [-0.3, -0.25) is 0 Å². The highest BCUT2D eigenvalue weighted by Gasteiger charge is 2.40. The molecule has 28 heavy (non-hydrogen) atoms. The summed E-state index contributed by atoms with van der Waals surface area (Å²) >= 11 is 0. The van der Waals surface area contributed by atoms with Gasteiger partial charge in [-0.05, 0) is 67.9 Å². The maximum absolute atomic E-state index is 6.44. The zero-order chi connectivity index (χ0) is 19.0. The third-order valence-corrected chi connectivity index (χ3v) is 6.45. The molecule has 0 amide bonds. The van der Waals surface area contributed by atoms with Crippen molar-refractivity contribution in [3.8, 4) is 11.5 Å². The van der Waals surface area contributed by atoms with Crippen molar-refractivity contribution in [3.05, 3.63) is 59.2 Å². The van der Waals surface area contributed by atoms with Crippen molar-refractivity contribution >= 4 is 5.71 Å². The van der Waals surface area contributed by atoms with Gasteiger partial charge in [-0.2, -0.15) is 0 Å². The van der Waals surface area contributed by atoms with Crippen LogP contribution in [0.2, 0.25) is 0 Å². The molecule has 2 aliphatic carbocycles. The van der Waals surface area contributed by atoms with Crippen LogP contribution in [0.1, 0.15) is 67.7 Å². The Hall–Kier alpha value is -2.49. The molecule has 0 radical (unpaired) electrons. The van der Waals surface area contributed by atoms with Gasteiger partial charge in [0.25, 0.3) is 0 Å². The van der Waals surface area contributed by atoms with Crippen molar-refractivity contribution in [2.24, 2.45) is 5.16 Å². The van der Waals surface area contributed by atoms with Gasteiger partial charge in [0.2, 0.25) is 0 Å². The zero-order valence-corrected chi connectivity index (χ0v) is 16.4. The number of nitrogens with zero attached hydrogens (tertiary/aromatic N) is 1. The second kappa shape index (κ2) is 7.16. The van der Waals surface area contributed by atoms with E-state index >= 15 is 0 Å². The maximum Gasteiger partial charge on any atom is 0.162 e. The molecule has 1 unspecified atom stereocenters. The van der Waals surface area contributed by atoms with E-state index in [1.165, 1.54) is 30.4 Å². The second-order valence-electron chi connectivity index (χ2n) is 8.26. The summed E-state index contributed by atoms with van der Waals surface area (Å²) in [5.74, 6) is 1.55. The van der Waals surface area contributed by atoms with Gasteiger partial charge < -0.3 is 14.3 Å². The molecule has 0 bridgehead atoms. The van der Waals surface area contributed by atoms with Crippen LogP contribution in [0.3, 0.4) is 0 Å². The first kappa shape index (κ1) is 17.6. The van der Waals surface area contributed by atoms with Crippen LogP contribution in [0.4, 0.5) is 0 Å². The Morgan fingerprint density at radius 1 is 1.04 bits per heavy atom. The van der Waals surface area contributed by atoms with Crippen molar-refractivity contribution in [1.29, 1.82) is 0 Å². The van der Waals surface area contributed by atoms with Gasteiger partial charge in [-0.15, -0.1) is 0 Å². The molecule has 4 nitrogen and oxygen atoms in total. The lowest BCUT2D eigenvalue weighted by Gasteiger charge is -2.30. The summed E-state index contributed by atoms with van der Waals surface area (Å²) < 4.78 is 12.0. The summed E-state index contributed by atoms with van der Waals surface area (Å²) in [4.78, 5) is 5.94. The number of aryl methyl sites for hydroxylation is 1. The van der Waals surface area contributed by atoms with Crippen molar-refractivity contribution < 1.29 is 14.3 Å². The Balaban J connectivity index is 1.39. The molecule has 2 aromatic carbocycles. The van der Waals surface area contributed by atoms with E-state index in [-0.39, 0.29) is 11.7 Å². The first-order valence-electron chi connectivity index (χ1n) is 10.4. The average molecular weight is 377 g/mol. The van der Waals surface area contributed by atoms with Crippen molar-refractivity contribution in [1.82, 2.24) is 0 Å². The third-order valence-electron chi connectivity index (χ3n) is 6.45. The highest BCUT2D eigenvalue weighted by atomic mass is 16.7. The van der Waals surface area contributed by atoms with Crippen LogP contribution in [0.15, 0.2) is 47.6 Å². The smallest absolute Gasteiger partial charge is 0.162 e. The van der Waals surface area contributed by atoms with Crippen LogP contribution < -0.4 is 9.47 Å². The number of hydrogen-bond acceptors (Lipinski definition) is 4. The average Bonchev–Trinajstić information content (AvgIpc) is 3.33. The highest BCUT2D eigenvalue weighted by Crippen LogP contribution is 2.42. The molecule has 4 heteroatoms. The van der Waals surface area contributed by atoms with E-state index in [1.54, 1.807) is 7.11 Å². The molecule has 5 rings (SSSR count). The number of hydrogen-bond donors (Lipinski definition) is 0. The minimum absolute atomic E-state index is 0.0705. The van der Waals surface area contributed by atoms with Crippen LogP contribution in [0.25, 0.3) is 0 Å². The first-order chi connectivity index (χ1) is 13.8. The lowest BCUT2D eigenvalue weighted by Crippen LogP contribution is -2.31. The fourth-order valence-electron chi connectivity index (χ4n) is 4.88. The molecule has 1 heterocycles. The molecular formula is C24H27NO3. The molecule has 1 aliphatic heterocycles. The largest absolute Gasteiger partial charge is 0.493 e. The van der Waals surface area contributed by atoms with Crippen LogP contribution in [0.5, 0.6) is 11.5 Å². The molecule has 0 aromatic heterocycles. The zero-order valence-electron chi connectivity index (χ0n) is 16.4. The maximum atomic E-state index is 6.44. The Morgan fingerprint density at radius 3 is 2.75 bits per heavy atom. The highest BCUT2D eigenvalue weighted by molar-refractivity contribution is 6.02. The molecular weight excluding hydrogens is 350 g/mol. The minimum atomic E-state index is -0.0705. The lowest BCUT2D eigenvalue weighted by atomic mass is 9.81. The van der Waals surface area contributed by atoms with Gasteiger partial charge in [0.1, 0.15) is 11.7 Å². The van der Waals surface area contributed by atoms with Crippen LogP contribution in [-0.2, 0) is 11.3 Å². The summed E-state index contributed by atoms with van der Waals surface area (Å²) in [6, 6.07) is 14.7. The topological polar surface area (TPSA) is 40.0 Å². The third kappa shape index (κ3) is 3.15. The fourth-order valence-corrected chi connectivity index (χ4v) is 4.88. The monoisotopic (exact) mass is 377 g/mol. The normalized spacial score (nSPS) is 22.5. The van der Waals surface area contributed by atoms with E-state index < -0.39 is 0 Å². The van der Waals surface area contributed by atoms with Crippen LogP contribution in [-0.4, -0.2) is 18.4 Å². The van der Waals surface area contributed by atoms with E-state index in [2.05, 4.69) is 41.6 Å². The summed E-state index contributed by atoms with van der Waals surface area (Å²) in [5, 5.41) is 4.47. The number of methoxy groups -OCH3 is 1. The van der Waals surface area contributed by atoms with E-state index in [4.69, 9.17) is 14.3 Å². The Bertz CT molecular complexity index is 898. The molecule has 146 valence electrons. The van der Waals surface area contributed by atoms with Gasteiger partial charge >= 0.3 is 0 Å². The molecule has 1 spiro atoms. The molecule has 1 atom stereocenters. The number of rotatable bonds is 4. The fraction of sp³-hybridized carbons (Fsp3) is 0.458. The van der Waals surface area contributed by atoms with Gasteiger partial charge in [-0.1, -0.05) is 35.8 Å². The van der Waals surface area contributed by atoms with Crippen molar-refractivity contribution in [2.75, 3.05) is 7.11 Å². The number of ether oxygens (including phenoxy) is 2. The van der Waals surface area contributed by atoms with Gasteiger partial charge in [-0.25, -0.2) is 0 Å². The lowest BCUT2D eigenvalue weighted by molar-refractivity contribution is -0.0449. The second-order valence-corrected chi connectivity index (χ2v) is 8.26. The molecule has 2 aromatic rings. The van der Waals surface area contributed by atoms with Crippen LogP contribution in [0, 0.1) is 0 Å². The van der Waals surface area contributed by atoms with E-state index in [0.717, 1.165) is 54.9 Å². The van der Waals surface area contributed by atoms with Gasteiger partial charge in [0.15, 0.2) is 11.5 Å². The number of oxime groups is 1. The summed E-state index contributed by atoms with van der Waals surface area (Å²) in [6.07, 6.45) is 9.03. The summed E-state index contributed by atoms with van der Waals surface area (Å²) in [5.41, 5.74) is 4.71. The predicted molar refractivity (Wildman–Crippen MR) is 109 cm³/mol. The van der Waals surface area contributed by atoms with Gasteiger partial charge in [0, 0.05) is 12.0 Å². The standard InChI is InChI=1S/C24H27NO3/c1-26-22-12-10-18(20-16-24(28-25-20)13-5-2-6-14-24)15-23(22)27-21-11-9-17-7-3-4-8-19(17)21/h3-4,7-8,10,12,15,21H,2,5-6,9,11,13-14,16H2,1H3. The van der Waals surface area contributed by atoms with E-state index in [9.17, 15) is 0 Å². The number of fused-ring (bicyclic) bond motifs is 1. The molecule has 1 saturated carbocycles. The van der Waals surface area contributed by atoms with Gasteiger partial charge in [0.05, 0.1) is 12.8 Å². The summed E-state index contributed by atoms with van der Waals surface area (Å²) in [7, 11) is 1.69. The first-order valence-corrected chi connectivity index (χ1v) is 10.4. The quantitative estimate of drug-likeness (QED) is 0.697. The SMILES string of the molecule is COc1ccc(C2=NOC3(CCCCC3)C2)cc1OC1CCc2ccccc21. The number of benzene rings is 2. The molecule has 1 fully saturated rings. The van der Waals surface area contributed by atoms with E-state index in [1.807, 2.05) is 6.07 Å². The Kier molecular flexibility index (Phi) is 4.50. The summed E-state index contributed by atoms with van der Waals surface area (Å²) in [6.45, 7) is 0. The Morgan fingerprint density at radius 2 is 1.89 bits per heavy atom. The molecule has 0 N–H and O–H groups in total. The van der Waals surface area contributed by atoms with Crippen LogP contribution >= 0.6 is 0 Å².